The van der Waals surface area contributed by atoms with Gasteiger partial charge in [-0.2, -0.15) is 0 Å². The van der Waals surface area contributed by atoms with Crippen LogP contribution in [0.4, 0.5) is 10.6 Å². The van der Waals surface area contributed by atoms with E-state index in [1.54, 1.807) is 20.8 Å². The molecular weight excluding hydrogens is 260 g/mol. The summed E-state index contributed by atoms with van der Waals surface area (Å²) in [5, 5.41) is 2.69. The molecule has 0 saturated carbocycles. The molecule has 0 bridgehead atoms. The van der Waals surface area contributed by atoms with Gasteiger partial charge in [0.15, 0.2) is 0 Å². The molecule has 1 aromatic rings. The van der Waals surface area contributed by atoms with Crippen LogP contribution in [0.1, 0.15) is 46.5 Å². The van der Waals surface area contributed by atoms with Gasteiger partial charge in [0, 0.05) is 6.07 Å². The molecule has 1 unspecified atom stereocenters. The molecule has 20 heavy (non-hydrogen) atoms. The van der Waals surface area contributed by atoms with Crippen LogP contribution in [-0.2, 0) is 4.74 Å². The molecule has 7 heteroatoms. The van der Waals surface area contributed by atoms with Gasteiger partial charge in [-0.25, -0.2) is 9.78 Å². The van der Waals surface area contributed by atoms with Gasteiger partial charge in [-0.3, -0.25) is 4.79 Å². The molecule has 1 aromatic heterocycles. The van der Waals surface area contributed by atoms with Crippen molar-refractivity contribution in [1.82, 2.24) is 15.3 Å². The van der Waals surface area contributed by atoms with Gasteiger partial charge in [0.25, 0.3) is 5.56 Å². The predicted molar refractivity (Wildman–Crippen MR) is 76.2 cm³/mol. The summed E-state index contributed by atoms with van der Waals surface area (Å²) < 4.78 is 5.20. The van der Waals surface area contributed by atoms with Crippen LogP contribution >= 0.6 is 0 Å². The molecule has 1 amide bonds. The summed E-state index contributed by atoms with van der Waals surface area (Å²) in [5.41, 5.74) is 4.60. The lowest BCUT2D eigenvalue weighted by Gasteiger charge is -2.25. The molecule has 1 atom stereocenters. The Kier molecular flexibility index (Phi) is 4.75. The average molecular weight is 282 g/mol. The van der Waals surface area contributed by atoms with Crippen molar-refractivity contribution in [3.63, 3.8) is 0 Å². The molecule has 1 rings (SSSR count). The zero-order valence-corrected chi connectivity index (χ0v) is 12.5. The first-order valence-corrected chi connectivity index (χ1v) is 6.45. The van der Waals surface area contributed by atoms with E-state index in [-0.39, 0.29) is 17.3 Å². The van der Waals surface area contributed by atoms with E-state index in [1.807, 2.05) is 13.8 Å². The van der Waals surface area contributed by atoms with Gasteiger partial charge < -0.3 is 20.8 Å². The van der Waals surface area contributed by atoms with Gasteiger partial charge >= 0.3 is 6.09 Å². The lowest BCUT2D eigenvalue weighted by molar-refractivity contribution is 0.0486. The Morgan fingerprint density at radius 1 is 1.45 bits per heavy atom. The van der Waals surface area contributed by atoms with E-state index in [0.717, 1.165) is 0 Å². The maximum absolute atomic E-state index is 11.8. The number of carbonyl (C=O) groups is 1. The van der Waals surface area contributed by atoms with Crippen LogP contribution in [0, 0.1) is 5.92 Å². The predicted octanol–water partition coefficient (Wildman–Crippen LogP) is 1.57. The van der Waals surface area contributed by atoms with E-state index < -0.39 is 17.7 Å². The molecule has 0 aliphatic rings. The number of nitrogen functional groups attached to an aromatic ring is 1. The number of carbonyl (C=O) groups excluding carboxylic acids is 1. The van der Waals surface area contributed by atoms with E-state index >= 15 is 0 Å². The average Bonchev–Trinajstić information content (AvgIpc) is 2.21. The molecule has 7 nitrogen and oxygen atoms in total. The van der Waals surface area contributed by atoms with Gasteiger partial charge in [-0.05, 0) is 26.7 Å². The van der Waals surface area contributed by atoms with Gasteiger partial charge in [-0.1, -0.05) is 13.8 Å². The number of H-pyrrole nitrogens is 1. The second-order valence-corrected chi connectivity index (χ2v) is 5.92. The van der Waals surface area contributed by atoms with E-state index in [1.165, 1.54) is 6.07 Å². The number of anilines is 1. The fourth-order valence-electron chi connectivity index (χ4n) is 1.63. The number of amides is 1. The molecule has 0 fully saturated rings. The Bertz CT molecular complexity index is 531. The van der Waals surface area contributed by atoms with Crippen LogP contribution in [0.15, 0.2) is 10.9 Å². The highest BCUT2D eigenvalue weighted by atomic mass is 16.6. The van der Waals surface area contributed by atoms with Crippen LogP contribution in [0.5, 0.6) is 0 Å². The second kappa shape index (κ2) is 5.94. The number of hydrogen-bond acceptors (Lipinski definition) is 5. The van der Waals surface area contributed by atoms with Crippen molar-refractivity contribution in [2.24, 2.45) is 5.92 Å². The number of hydrogen-bond donors (Lipinski definition) is 3. The van der Waals surface area contributed by atoms with Crippen molar-refractivity contribution in [3.8, 4) is 0 Å². The summed E-state index contributed by atoms with van der Waals surface area (Å²) >= 11 is 0. The molecular formula is C13H22N4O3. The van der Waals surface area contributed by atoms with Gasteiger partial charge in [0.1, 0.15) is 17.2 Å². The van der Waals surface area contributed by atoms with Crippen LogP contribution in [0.2, 0.25) is 0 Å². The quantitative estimate of drug-likeness (QED) is 0.779. The third-order valence-electron chi connectivity index (χ3n) is 2.41. The van der Waals surface area contributed by atoms with E-state index in [4.69, 9.17) is 10.5 Å². The molecule has 4 N–H and O–H groups in total. The zero-order chi connectivity index (χ0) is 15.5. The molecule has 1 heterocycles. The Morgan fingerprint density at radius 2 is 2.05 bits per heavy atom. The highest BCUT2D eigenvalue weighted by Crippen LogP contribution is 2.19. The monoisotopic (exact) mass is 282 g/mol. The van der Waals surface area contributed by atoms with Crippen LogP contribution < -0.4 is 16.6 Å². The Morgan fingerprint density at radius 3 is 2.50 bits per heavy atom. The molecule has 0 aromatic carbocycles. The summed E-state index contributed by atoms with van der Waals surface area (Å²) in [4.78, 5) is 29.9. The van der Waals surface area contributed by atoms with Crippen molar-refractivity contribution in [2.45, 2.75) is 46.3 Å². The fraction of sp³-hybridized carbons (Fsp3) is 0.615. The fourth-order valence-corrected chi connectivity index (χ4v) is 1.63. The highest BCUT2D eigenvalue weighted by molar-refractivity contribution is 5.68. The molecule has 0 aliphatic carbocycles. The number of rotatable bonds is 3. The van der Waals surface area contributed by atoms with Crippen molar-refractivity contribution in [1.29, 1.82) is 0 Å². The Labute approximate surface area is 117 Å². The highest BCUT2D eigenvalue weighted by Gasteiger charge is 2.24. The second-order valence-electron chi connectivity index (χ2n) is 5.92. The molecule has 0 aliphatic heterocycles. The summed E-state index contributed by atoms with van der Waals surface area (Å²) in [7, 11) is 0. The third-order valence-corrected chi connectivity index (χ3v) is 2.41. The van der Waals surface area contributed by atoms with Crippen LogP contribution in [-0.4, -0.2) is 21.7 Å². The van der Waals surface area contributed by atoms with Crippen molar-refractivity contribution in [2.75, 3.05) is 5.73 Å². The lowest BCUT2D eigenvalue weighted by atomic mass is 10.0. The number of nitrogens with zero attached hydrogens (tertiary/aromatic N) is 1. The third kappa shape index (κ3) is 4.91. The first kappa shape index (κ1) is 16.0. The number of aromatic amines is 1. The Balaban J connectivity index is 2.95. The summed E-state index contributed by atoms with van der Waals surface area (Å²) in [6.45, 7) is 9.11. The van der Waals surface area contributed by atoms with Crippen molar-refractivity contribution < 1.29 is 9.53 Å². The normalized spacial score (nSPS) is 13.1. The van der Waals surface area contributed by atoms with E-state index in [2.05, 4.69) is 15.3 Å². The first-order chi connectivity index (χ1) is 9.08. The molecule has 0 radical (unpaired) electrons. The topological polar surface area (TPSA) is 110 Å². The first-order valence-electron chi connectivity index (χ1n) is 6.45. The smallest absolute Gasteiger partial charge is 0.408 e. The van der Waals surface area contributed by atoms with E-state index in [0.29, 0.717) is 5.82 Å². The number of alkyl carbamates (subject to hydrolysis) is 1. The van der Waals surface area contributed by atoms with Crippen molar-refractivity contribution >= 4 is 11.9 Å². The van der Waals surface area contributed by atoms with Crippen LogP contribution in [0.25, 0.3) is 0 Å². The minimum atomic E-state index is -0.595. The van der Waals surface area contributed by atoms with Gasteiger partial charge in [0.2, 0.25) is 0 Å². The molecule has 112 valence electrons. The zero-order valence-electron chi connectivity index (χ0n) is 12.5. The Hall–Kier alpha value is -2.05. The summed E-state index contributed by atoms with van der Waals surface area (Å²) in [6.07, 6.45) is -0.568. The largest absolute Gasteiger partial charge is 0.444 e. The number of ether oxygens (including phenoxy) is 1. The number of nitrogens with one attached hydrogen (secondary N) is 2. The maximum Gasteiger partial charge on any atom is 0.408 e. The summed E-state index contributed by atoms with van der Waals surface area (Å²) in [5.74, 6) is 0.434. The number of aromatic nitrogens is 2. The lowest BCUT2D eigenvalue weighted by Crippen LogP contribution is -2.38. The molecule has 0 saturated heterocycles. The molecule has 0 spiro atoms. The van der Waals surface area contributed by atoms with E-state index in [9.17, 15) is 9.59 Å². The number of nitrogens with two attached hydrogens (primary N) is 1. The SMILES string of the molecule is CC(C)C(NC(=O)OC(C)(C)C)c1nc(N)cc(=O)[nH]1. The maximum atomic E-state index is 11.8. The minimum absolute atomic E-state index is 0.00692. The van der Waals surface area contributed by atoms with Gasteiger partial charge in [-0.15, -0.1) is 0 Å². The summed E-state index contributed by atoms with van der Waals surface area (Å²) in [6, 6.07) is 0.704. The minimum Gasteiger partial charge on any atom is -0.444 e. The van der Waals surface area contributed by atoms with Gasteiger partial charge in [0.05, 0.1) is 6.04 Å². The van der Waals surface area contributed by atoms with Crippen LogP contribution in [0.3, 0.4) is 0 Å². The van der Waals surface area contributed by atoms with Crippen molar-refractivity contribution in [3.05, 3.63) is 22.2 Å². The standard InChI is InChI=1S/C13H22N4O3/c1-7(2)10(17-12(19)20-13(3,4)5)11-15-8(14)6-9(18)16-11/h6-7,10H,1-5H3,(H,17,19)(H3,14,15,16,18).